The molecule has 0 aromatic heterocycles. The number of carbonyl (C=O) groups excluding carboxylic acids is 4. The van der Waals surface area contributed by atoms with Crippen LogP contribution in [0.3, 0.4) is 0 Å². The van der Waals surface area contributed by atoms with Crippen molar-refractivity contribution in [3.63, 3.8) is 0 Å². The second-order valence-electron chi connectivity index (χ2n) is 10.8. The Balaban J connectivity index is 2.07. The Bertz CT molecular complexity index is 1010. The molecule has 1 fully saturated rings. The van der Waals surface area contributed by atoms with Crippen LogP contribution < -0.4 is 15.4 Å². The van der Waals surface area contributed by atoms with Crippen molar-refractivity contribution in [2.75, 3.05) is 46.7 Å². The summed E-state index contributed by atoms with van der Waals surface area (Å²) < 4.78 is 14.6. The quantitative estimate of drug-likeness (QED) is 0.172. The molecular formula is C30H49N5O6S. The zero-order valence-electron chi connectivity index (χ0n) is 26.1. The van der Waals surface area contributed by atoms with Gasteiger partial charge in [0.05, 0.1) is 43.2 Å². The molecule has 0 saturated carbocycles. The van der Waals surface area contributed by atoms with Gasteiger partial charge in [0, 0.05) is 46.3 Å². The molecule has 1 aromatic carbocycles. The molecule has 42 heavy (non-hydrogen) atoms. The molecule has 2 rings (SSSR count). The largest absolute Gasteiger partial charge is 0.388 e. The summed E-state index contributed by atoms with van der Waals surface area (Å²) in [5, 5.41) is 5.50. The fraction of sp³-hybridized carbons (Fsp3) is 0.667. The number of nitrogens with one attached hydrogen (secondary N) is 3. The van der Waals surface area contributed by atoms with Crippen LogP contribution in [0.25, 0.3) is 0 Å². The van der Waals surface area contributed by atoms with Crippen LogP contribution in [0, 0.1) is 11.8 Å². The Morgan fingerprint density at radius 2 is 1.86 bits per heavy atom. The van der Waals surface area contributed by atoms with Crippen molar-refractivity contribution in [1.29, 1.82) is 0 Å². The third-order valence-electron chi connectivity index (χ3n) is 8.30. The topological polar surface area (TPSA) is 129 Å². The molecule has 1 heterocycles. The van der Waals surface area contributed by atoms with Crippen molar-refractivity contribution in [3.05, 3.63) is 29.8 Å². The number of likely N-dealkylation sites (N-methyl/N-ethyl adjacent to an activating group) is 1. The van der Waals surface area contributed by atoms with Crippen molar-refractivity contribution >= 4 is 41.8 Å². The van der Waals surface area contributed by atoms with Crippen LogP contribution in [0.2, 0.25) is 0 Å². The molecule has 236 valence electrons. The van der Waals surface area contributed by atoms with E-state index in [1.54, 1.807) is 26.2 Å². The molecule has 0 radical (unpaired) electrons. The predicted molar refractivity (Wildman–Crippen MR) is 166 cm³/mol. The van der Waals surface area contributed by atoms with Gasteiger partial charge < -0.3 is 29.9 Å². The highest BCUT2D eigenvalue weighted by molar-refractivity contribution is 7.97. The zero-order chi connectivity index (χ0) is 31.2. The first kappa shape index (κ1) is 35.4. The van der Waals surface area contributed by atoms with Gasteiger partial charge in [0.25, 0.3) is 0 Å². The standard InChI is InChI=1S/C30H49N5O6S/c1-8-20(2)28(34(5)27(38)17-32-19-36)25(40-6)16-26(37)35-15-9-10-24(35)29(41-7)21(3)30(39)33-42-18-22-11-13-23(31-4)14-12-22/h11-14,19-21,24-25,28-29,31H,8-10,15-18H2,1-7H3,(H,32,36)(H,33,39). The van der Waals surface area contributed by atoms with E-state index in [4.69, 9.17) is 9.47 Å². The third-order valence-corrected chi connectivity index (χ3v) is 9.12. The molecular weight excluding hydrogens is 558 g/mol. The number of hydrogen-bond acceptors (Lipinski definition) is 8. The monoisotopic (exact) mass is 607 g/mol. The van der Waals surface area contributed by atoms with Crippen molar-refractivity contribution in [2.24, 2.45) is 11.8 Å². The van der Waals surface area contributed by atoms with E-state index in [2.05, 4.69) is 15.4 Å². The first-order valence-corrected chi connectivity index (χ1v) is 15.6. The molecule has 6 atom stereocenters. The maximum atomic E-state index is 13.7. The minimum absolute atomic E-state index is 0.0523. The maximum absolute atomic E-state index is 13.7. The summed E-state index contributed by atoms with van der Waals surface area (Å²) in [6, 6.07) is 7.41. The van der Waals surface area contributed by atoms with Crippen LogP contribution in [0.1, 0.15) is 52.0 Å². The summed E-state index contributed by atoms with van der Waals surface area (Å²) in [4.78, 5) is 53.6. The number of nitrogens with zero attached hydrogens (tertiary/aromatic N) is 2. The minimum Gasteiger partial charge on any atom is -0.388 e. The zero-order valence-corrected chi connectivity index (χ0v) is 26.9. The van der Waals surface area contributed by atoms with Gasteiger partial charge in [-0.3, -0.25) is 23.9 Å². The number of ether oxygens (including phenoxy) is 2. The van der Waals surface area contributed by atoms with E-state index in [1.807, 2.05) is 57.0 Å². The maximum Gasteiger partial charge on any atom is 0.242 e. The smallest absolute Gasteiger partial charge is 0.242 e. The van der Waals surface area contributed by atoms with Gasteiger partial charge in [-0.05, 0) is 48.4 Å². The Morgan fingerprint density at radius 1 is 1.17 bits per heavy atom. The Morgan fingerprint density at radius 3 is 2.43 bits per heavy atom. The average Bonchev–Trinajstić information content (AvgIpc) is 3.49. The third kappa shape index (κ3) is 9.60. The van der Waals surface area contributed by atoms with Gasteiger partial charge in [-0.1, -0.05) is 39.3 Å². The molecule has 1 saturated heterocycles. The van der Waals surface area contributed by atoms with Crippen LogP contribution in [-0.2, 0) is 34.4 Å². The highest BCUT2D eigenvalue weighted by Gasteiger charge is 2.41. The molecule has 1 aromatic rings. The molecule has 0 aliphatic carbocycles. The Labute approximate surface area is 254 Å². The van der Waals surface area contributed by atoms with E-state index in [0.29, 0.717) is 18.7 Å². The number of carbonyl (C=O) groups is 4. The highest BCUT2D eigenvalue weighted by atomic mass is 32.2. The lowest BCUT2D eigenvalue weighted by Gasteiger charge is -2.39. The number of rotatable bonds is 18. The van der Waals surface area contributed by atoms with Crippen molar-refractivity contribution < 1.29 is 28.7 Å². The average molecular weight is 608 g/mol. The first-order valence-electron chi connectivity index (χ1n) is 14.6. The van der Waals surface area contributed by atoms with Crippen LogP contribution in [0.5, 0.6) is 0 Å². The number of likely N-dealkylation sites (tertiary alicyclic amines) is 1. The van der Waals surface area contributed by atoms with E-state index in [-0.39, 0.29) is 48.7 Å². The minimum atomic E-state index is -0.542. The van der Waals surface area contributed by atoms with Crippen LogP contribution in [0.15, 0.2) is 24.3 Å². The summed E-state index contributed by atoms with van der Waals surface area (Å²) in [5.41, 5.74) is 2.12. The number of anilines is 1. The van der Waals surface area contributed by atoms with E-state index in [0.717, 1.165) is 30.5 Å². The summed E-state index contributed by atoms with van der Waals surface area (Å²) in [6.45, 7) is 6.32. The molecule has 6 unspecified atom stereocenters. The highest BCUT2D eigenvalue weighted by Crippen LogP contribution is 2.29. The van der Waals surface area contributed by atoms with Gasteiger partial charge in [0.15, 0.2) is 0 Å². The lowest BCUT2D eigenvalue weighted by Crippen LogP contribution is -2.54. The van der Waals surface area contributed by atoms with Gasteiger partial charge in [-0.25, -0.2) is 0 Å². The number of hydrogen-bond donors (Lipinski definition) is 3. The lowest BCUT2D eigenvalue weighted by molar-refractivity contribution is -0.145. The van der Waals surface area contributed by atoms with Crippen molar-refractivity contribution in [3.8, 4) is 0 Å². The second-order valence-corrected chi connectivity index (χ2v) is 11.6. The van der Waals surface area contributed by atoms with Gasteiger partial charge in [0.2, 0.25) is 24.1 Å². The Hall–Kier alpha value is -2.83. The molecule has 12 heteroatoms. The van der Waals surface area contributed by atoms with Gasteiger partial charge >= 0.3 is 0 Å². The van der Waals surface area contributed by atoms with Crippen LogP contribution in [-0.4, -0.2) is 99.6 Å². The molecule has 11 nitrogen and oxygen atoms in total. The molecule has 0 bridgehead atoms. The molecule has 1 aliphatic rings. The molecule has 3 N–H and O–H groups in total. The van der Waals surface area contributed by atoms with E-state index in [9.17, 15) is 19.2 Å². The number of benzene rings is 1. The lowest BCUT2D eigenvalue weighted by atomic mass is 9.90. The second kappa shape index (κ2) is 18.0. The van der Waals surface area contributed by atoms with Crippen molar-refractivity contribution in [1.82, 2.24) is 19.8 Å². The fourth-order valence-corrected chi connectivity index (χ4v) is 6.39. The molecule has 0 spiro atoms. The van der Waals surface area contributed by atoms with Gasteiger partial charge in [-0.2, -0.15) is 0 Å². The summed E-state index contributed by atoms with van der Waals surface area (Å²) in [5.74, 6) is -0.295. The first-order chi connectivity index (χ1) is 20.1. The SMILES string of the molecule is CCC(C)C(C(CC(=O)N1CCCC1C(OC)C(C)C(=O)NSCc1ccc(NC)cc1)OC)N(C)C(=O)CNC=O. The number of amides is 4. The van der Waals surface area contributed by atoms with E-state index >= 15 is 0 Å². The normalized spacial score (nSPS) is 18.4. The predicted octanol–water partition coefficient (Wildman–Crippen LogP) is 2.66. The molecule has 1 aliphatic heterocycles. The van der Waals surface area contributed by atoms with Gasteiger partial charge in [-0.15, -0.1) is 0 Å². The van der Waals surface area contributed by atoms with Crippen LogP contribution in [0.4, 0.5) is 5.69 Å². The van der Waals surface area contributed by atoms with E-state index in [1.165, 1.54) is 11.9 Å². The summed E-state index contributed by atoms with van der Waals surface area (Å²) >= 11 is 1.33. The number of methoxy groups -OCH3 is 2. The Kier molecular flexibility index (Phi) is 15.1. The summed E-state index contributed by atoms with van der Waals surface area (Å²) in [6.07, 6.45) is 1.88. The van der Waals surface area contributed by atoms with Crippen molar-refractivity contribution in [2.45, 2.75) is 76.5 Å². The van der Waals surface area contributed by atoms with Crippen LogP contribution >= 0.6 is 11.9 Å². The van der Waals surface area contributed by atoms with E-state index < -0.39 is 18.1 Å². The fourth-order valence-electron chi connectivity index (χ4n) is 5.63. The molecule has 4 amide bonds. The van der Waals surface area contributed by atoms with Gasteiger partial charge in [0.1, 0.15) is 0 Å². The summed E-state index contributed by atoms with van der Waals surface area (Å²) in [7, 11) is 6.68.